The van der Waals surface area contributed by atoms with Gasteiger partial charge < -0.3 is 5.11 Å². The summed E-state index contributed by atoms with van der Waals surface area (Å²) in [7, 11) is 0. The van der Waals surface area contributed by atoms with Crippen LogP contribution in [0, 0.1) is 39.9 Å². The Bertz CT molecular complexity index is 775. The highest BCUT2D eigenvalue weighted by molar-refractivity contribution is 6.11. The van der Waals surface area contributed by atoms with Crippen LogP contribution in [0.5, 0.6) is 0 Å². The zero-order valence-corrected chi connectivity index (χ0v) is 15.8. The van der Waals surface area contributed by atoms with Gasteiger partial charge in [0.2, 0.25) is 0 Å². The van der Waals surface area contributed by atoms with E-state index in [1.807, 2.05) is 0 Å². The van der Waals surface area contributed by atoms with E-state index in [0.29, 0.717) is 30.3 Å². The van der Waals surface area contributed by atoms with E-state index in [1.54, 1.807) is 0 Å². The SMILES string of the molecule is C=C1C(=O)[C@]23C[C@H]1C(=O)C[C@H]2[C@]12[C@@H]4C[C@H]3[C@H]1N(CC)C[C@]4(C)CC[C@@H]2O. The number of likely N-dealkylation sites (tertiary alicyclic amines) is 1. The fourth-order valence-corrected chi connectivity index (χ4v) is 9.50. The third-order valence-corrected chi connectivity index (χ3v) is 10.1. The lowest BCUT2D eigenvalue weighted by Crippen LogP contribution is -2.68. The van der Waals surface area contributed by atoms with Crippen LogP contribution in [-0.2, 0) is 9.59 Å². The highest BCUT2D eigenvalue weighted by Gasteiger charge is 2.85. The molecule has 0 amide bonds. The molecule has 7 bridgehead atoms. The first-order valence-corrected chi connectivity index (χ1v) is 10.5. The summed E-state index contributed by atoms with van der Waals surface area (Å²) in [5, 5.41) is 11.4. The lowest BCUT2D eigenvalue weighted by atomic mass is 9.43. The van der Waals surface area contributed by atoms with Gasteiger partial charge in [-0.15, -0.1) is 0 Å². The normalized spacial score (nSPS) is 59.9. The molecule has 9 atom stereocenters. The van der Waals surface area contributed by atoms with Gasteiger partial charge in [0.25, 0.3) is 0 Å². The van der Waals surface area contributed by atoms with Gasteiger partial charge in [-0.1, -0.05) is 20.4 Å². The number of ketones is 2. The predicted octanol–water partition coefficient (Wildman–Crippen LogP) is 2.21. The van der Waals surface area contributed by atoms with Gasteiger partial charge in [-0.3, -0.25) is 14.5 Å². The Hall–Kier alpha value is -1.00. The molecule has 4 heteroatoms. The van der Waals surface area contributed by atoms with Gasteiger partial charge in [-0.25, -0.2) is 0 Å². The number of fused-ring (bicyclic) bond motifs is 1. The largest absolute Gasteiger partial charge is 0.392 e. The van der Waals surface area contributed by atoms with E-state index in [-0.39, 0.29) is 46.4 Å². The van der Waals surface area contributed by atoms with Crippen LogP contribution in [0.3, 0.4) is 0 Å². The molecule has 0 unspecified atom stereocenters. The van der Waals surface area contributed by atoms with Crippen LogP contribution in [-0.4, -0.2) is 46.8 Å². The Morgan fingerprint density at radius 2 is 2.08 bits per heavy atom. The molecule has 6 aliphatic rings. The van der Waals surface area contributed by atoms with Crippen molar-refractivity contribution in [3.8, 4) is 0 Å². The van der Waals surface area contributed by atoms with Crippen molar-refractivity contribution in [2.24, 2.45) is 39.9 Å². The van der Waals surface area contributed by atoms with Crippen molar-refractivity contribution >= 4 is 11.6 Å². The van der Waals surface area contributed by atoms with Gasteiger partial charge in [0.1, 0.15) is 5.78 Å². The molecule has 1 heterocycles. The Kier molecular flexibility index (Phi) is 2.68. The molecular formula is C22H29NO3. The second-order valence-electron chi connectivity index (χ2n) is 10.5. The summed E-state index contributed by atoms with van der Waals surface area (Å²) in [5.74, 6) is 0.942. The number of carbonyl (C=O) groups excluding carboxylic acids is 2. The van der Waals surface area contributed by atoms with E-state index in [1.165, 1.54) is 0 Å². The molecular weight excluding hydrogens is 326 g/mol. The van der Waals surface area contributed by atoms with Crippen molar-refractivity contribution in [2.45, 2.75) is 58.1 Å². The average molecular weight is 355 g/mol. The molecule has 5 aliphatic carbocycles. The fourth-order valence-electron chi connectivity index (χ4n) is 9.50. The van der Waals surface area contributed by atoms with Crippen LogP contribution in [0.25, 0.3) is 0 Å². The zero-order valence-electron chi connectivity index (χ0n) is 15.8. The van der Waals surface area contributed by atoms with Crippen LogP contribution in [0.15, 0.2) is 12.2 Å². The molecule has 1 N–H and O–H groups in total. The third kappa shape index (κ3) is 1.29. The van der Waals surface area contributed by atoms with E-state index >= 15 is 0 Å². The monoisotopic (exact) mass is 355 g/mol. The summed E-state index contributed by atoms with van der Waals surface area (Å²) in [6.45, 7) is 10.7. The molecule has 26 heavy (non-hydrogen) atoms. The van der Waals surface area contributed by atoms with Crippen molar-refractivity contribution in [2.75, 3.05) is 13.1 Å². The summed E-state index contributed by atoms with van der Waals surface area (Å²) in [6.07, 6.45) is 3.75. The Morgan fingerprint density at radius 1 is 1.31 bits per heavy atom. The summed E-state index contributed by atoms with van der Waals surface area (Å²) < 4.78 is 0. The van der Waals surface area contributed by atoms with Crippen molar-refractivity contribution in [3.05, 3.63) is 12.2 Å². The van der Waals surface area contributed by atoms with E-state index in [9.17, 15) is 14.7 Å². The second-order valence-corrected chi connectivity index (χ2v) is 10.5. The number of allylic oxidation sites excluding steroid dienone is 1. The maximum Gasteiger partial charge on any atom is 0.165 e. The van der Waals surface area contributed by atoms with Gasteiger partial charge in [0.05, 0.1) is 6.10 Å². The number of piperidine rings is 1. The maximum absolute atomic E-state index is 13.5. The molecule has 6 fully saturated rings. The molecule has 0 radical (unpaired) electrons. The van der Waals surface area contributed by atoms with Gasteiger partial charge in [-0.2, -0.15) is 0 Å². The molecule has 0 aromatic carbocycles. The minimum absolute atomic E-state index is 0.0308. The topological polar surface area (TPSA) is 57.6 Å². The lowest BCUT2D eigenvalue weighted by Gasteiger charge is -2.64. The highest BCUT2D eigenvalue weighted by Crippen LogP contribution is 2.82. The summed E-state index contributed by atoms with van der Waals surface area (Å²) in [5.41, 5.74) is 0.119. The van der Waals surface area contributed by atoms with Gasteiger partial charge in [0.15, 0.2) is 5.78 Å². The Balaban J connectivity index is 1.63. The molecule has 0 aromatic heterocycles. The van der Waals surface area contributed by atoms with Gasteiger partial charge >= 0.3 is 0 Å². The summed E-state index contributed by atoms with van der Waals surface area (Å²) in [6, 6.07) is 0.271. The third-order valence-electron chi connectivity index (χ3n) is 10.1. The standard InChI is InChI=1S/C22H29NO3/c1-4-23-10-20(3)6-5-17(25)22-15(20)7-13(18(22)23)21-9-12(11(2)19(21)26)14(24)8-16(21)22/h12-13,15-18,25H,2,4-10H2,1,3H3/t12-,13+,15-,16-,17+,18-,20+,21+,22+/m1/s1. The molecule has 140 valence electrons. The van der Waals surface area contributed by atoms with Crippen LogP contribution in [0.2, 0.25) is 0 Å². The number of carbonyl (C=O) groups is 2. The maximum atomic E-state index is 13.5. The summed E-state index contributed by atoms with van der Waals surface area (Å²) in [4.78, 5) is 29.0. The molecule has 0 aromatic rings. The van der Waals surface area contributed by atoms with Gasteiger partial charge in [-0.05, 0) is 61.0 Å². The van der Waals surface area contributed by atoms with E-state index in [2.05, 4.69) is 25.3 Å². The minimum atomic E-state index is -0.409. The second kappa shape index (κ2) is 4.35. The highest BCUT2D eigenvalue weighted by atomic mass is 16.3. The molecule has 1 aliphatic heterocycles. The molecule has 1 saturated heterocycles. The molecule has 6 rings (SSSR count). The number of aliphatic hydroxyl groups excluding tert-OH is 1. The number of Topliss-reactive ketones (excluding diaryl/α,β-unsaturated/α-hetero) is 2. The Morgan fingerprint density at radius 3 is 2.81 bits per heavy atom. The number of nitrogens with zero attached hydrogens (tertiary/aromatic N) is 1. The number of aliphatic hydroxyl groups is 1. The van der Waals surface area contributed by atoms with Crippen molar-refractivity contribution in [3.63, 3.8) is 0 Å². The quantitative estimate of drug-likeness (QED) is 0.733. The van der Waals surface area contributed by atoms with E-state index in [0.717, 1.165) is 32.4 Å². The van der Waals surface area contributed by atoms with Crippen molar-refractivity contribution in [1.29, 1.82) is 0 Å². The van der Waals surface area contributed by atoms with Crippen LogP contribution < -0.4 is 0 Å². The zero-order chi connectivity index (χ0) is 18.2. The first-order chi connectivity index (χ1) is 12.3. The van der Waals surface area contributed by atoms with Crippen molar-refractivity contribution < 1.29 is 14.7 Å². The van der Waals surface area contributed by atoms with Crippen LogP contribution >= 0.6 is 0 Å². The first kappa shape index (κ1) is 16.0. The average Bonchev–Trinajstić information content (AvgIpc) is 3.14. The molecule has 2 spiro atoms. The van der Waals surface area contributed by atoms with Crippen LogP contribution in [0.1, 0.15) is 46.0 Å². The molecule has 4 nitrogen and oxygen atoms in total. The number of hydrogen-bond acceptors (Lipinski definition) is 4. The Labute approximate surface area is 155 Å². The molecule has 5 saturated carbocycles. The number of rotatable bonds is 1. The minimum Gasteiger partial charge on any atom is -0.392 e. The van der Waals surface area contributed by atoms with Crippen molar-refractivity contribution in [1.82, 2.24) is 4.90 Å². The van der Waals surface area contributed by atoms with E-state index in [4.69, 9.17) is 0 Å². The van der Waals surface area contributed by atoms with Gasteiger partial charge in [0, 0.05) is 35.8 Å². The van der Waals surface area contributed by atoms with E-state index < -0.39 is 5.41 Å². The number of hydrogen-bond donors (Lipinski definition) is 1. The smallest absolute Gasteiger partial charge is 0.165 e. The first-order valence-electron chi connectivity index (χ1n) is 10.5. The lowest BCUT2D eigenvalue weighted by molar-refractivity contribution is -0.205. The van der Waals surface area contributed by atoms with Crippen LogP contribution in [0.4, 0.5) is 0 Å². The predicted molar refractivity (Wildman–Crippen MR) is 96.2 cm³/mol. The summed E-state index contributed by atoms with van der Waals surface area (Å²) >= 11 is 0. The fraction of sp³-hybridized carbons (Fsp3) is 0.818.